The lowest BCUT2D eigenvalue weighted by molar-refractivity contribution is 0.0414. The molecular formula is C10H23NO. The molecule has 2 heteroatoms. The lowest BCUT2D eigenvalue weighted by Gasteiger charge is -2.20. The first-order chi connectivity index (χ1) is 5.68. The van der Waals surface area contributed by atoms with Crippen LogP contribution in [0.25, 0.3) is 0 Å². The second kappa shape index (κ2) is 6.44. The second-order valence-electron chi connectivity index (χ2n) is 3.68. The van der Waals surface area contributed by atoms with Gasteiger partial charge in [0.25, 0.3) is 0 Å². The Bertz CT molecular complexity index is 98.0. The van der Waals surface area contributed by atoms with Gasteiger partial charge in [-0.2, -0.15) is 0 Å². The molecular weight excluding hydrogens is 150 g/mol. The highest BCUT2D eigenvalue weighted by Gasteiger charge is 2.29. The van der Waals surface area contributed by atoms with Gasteiger partial charge >= 0.3 is 0 Å². The fourth-order valence-corrected chi connectivity index (χ4v) is 1.55. The van der Waals surface area contributed by atoms with Gasteiger partial charge in [0.05, 0.1) is 5.60 Å². The Labute approximate surface area is 76.2 Å². The van der Waals surface area contributed by atoms with Crippen LogP contribution in [-0.2, 0) is 0 Å². The lowest BCUT2D eigenvalue weighted by Crippen LogP contribution is -2.27. The van der Waals surface area contributed by atoms with E-state index in [1.54, 1.807) is 0 Å². The van der Waals surface area contributed by atoms with Crippen molar-refractivity contribution in [3.05, 3.63) is 0 Å². The molecule has 0 aromatic rings. The molecule has 1 saturated carbocycles. The summed E-state index contributed by atoms with van der Waals surface area (Å²) in [6.45, 7) is 4.87. The van der Waals surface area contributed by atoms with Crippen molar-refractivity contribution in [3.8, 4) is 0 Å². The summed E-state index contributed by atoms with van der Waals surface area (Å²) in [6, 6.07) is 0. The van der Waals surface area contributed by atoms with Crippen molar-refractivity contribution < 1.29 is 5.11 Å². The fraction of sp³-hybridized carbons (Fsp3) is 1.00. The molecule has 0 spiro atoms. The Kier molecular flexibility index (Phi) is 6.39. The third kappa shape index (κ3) is 4.73. The molecule has 0 unspecified atom stereocenters. The average molecular weight is 173 g/mol. The molecule has 2 nitrogen and oxygen atoms in total. The number of nitrogens with two attached hydrogens (primary N) is 1. The minimum absolute atomic E-state index is 0.380. The fourth-order valence-electron chi connectivity index (χ4n) is 1.55. The molecule has 1 aliphatic carbocycles. The first-order valence-corrected chi connectivity index (χ1v) is 5.11. The molecule has 1 aliphatic rings. The van der Waals surface area contributed by atoms with Crippen molar-refractivity contribution in [2.45, 2.75) is 58.0 Å². The summed E-state index contributed by atoms with van der Waals surface area (Å²) in [7, 11) is 0. The second-order valence-corrected chi connectivity index (χ2v) is 3.68. The molecule has 0 amide bonds. The predicted octanol–water partition coefficient (Wildman–Crippen LogP) is 2.06. The summed E-state index contributed by atoms with van der Waals surface area (Å²) in [5, 5.41) is 9.61. The zero-order valence-corrected chi connectivity index (χ0v) is 8.47. The van der Waals surface area contributed by atoms with Gasteiger partial charge in [-0.25, -0.2) is 0 Å². The molecule has 3 N–H and O–H groups in total. The first kappa shape index (κ1) is 11.9. The number of hydrogen-bond donors (Lipinski definition) is 2. The minimum Gasteiger partial charge on any atom is -0.390 e. The van der Waals surface area contributed by atoms with Crippen LogP contribution in [0.3, 0.4) is 0 Å². The summed E-state index contributed by atoms with van der Waals surface area (Å²) in [5.41, 5.74) is 4.95. The summed E-state index contributed by atoms with van der Waals surface area (Å²) >= 11 is 0. The van der Waals surface area contributed by atoms with Crippen molar-refractivity contribution in [2.24, 2.45) is 5.73 Å². The van der Waals surface area contributed by atoms with Gasteiger partial charge < -0.3 is 10.8 Å². The summed E-state index contributed by atoms with van der Waals surface area (Å²) in [5.74, 6) is 0. The van der Waals surface area contributed by atoms with Gasteiger partial charge in [-0.3, -0.25) is 0 Å². The van der Waals surface area contributed by atoms with Gasteiger partial charge in [0.1, 0.15) is 0 Å². The number of aliphatic hydroxyl groups is 1. The Morgan fingerprint density at radius 2 is 1.67 bits per heavy atom. The molecule has 12 heavy (non-hydrogen) atoms. The van der Waals surface area contributed by atoms with Crippen LogP contribution in [-0.4, -0.2) is 17.3 Å². The number of rotatable bonds is 2. The van der Waals surface area contributed by atoms with Gasteiger partial charge in [-0.05, 0) is 25.8 Å². The minimum atomic E-state index is -0.380. The van der Waals surface area contributed by atoms with E-state index >= 15 is 0 Å². The van der Waals surface area contributed by atoms with Crippen LogP contribution in [0.4, 0.5) is 0 Å². The summed E-state index contributed by atoms with van der Waals surface area (Å²) in [6.07, 6.45) is 6.31. The van der Waals surface area contributed by atoms with E-state index in [4.69, 9.17) is 5.73 Å². The highest BCUT2D eigenvalue weighted by atomic mass is 16.3. The van der Waals surface area contributed by atoms with Gasteiger partial charge in [-0.1, -0.05) is 33.1 Å². The predicted molar refractivity (Wildman–Crippen MR) is 53.1 cm³/mol. The third-order valence-electron chi connectivity index (χ3n) is 2.14. The van der Waals surface area contributed by atoms with Crippen LogP contribution in [0.15, 0.2) is 0 Å². The van der Waals surface area contributed by atoms with Crippen molar-refractivity contribution in [1.29, 1.82) is 0 Å². The molecule has 0 aromatic carbocycles. The average Bonchev–Trinajstić information content (AvgIpc) is 2.38. The SMILES string of the molecule is CCC.NCCC1(O)CCCC1. The topological polar surface area (TPSA) is 46.2 Å². The van der Waals surface area contributed by atoms with Crippen molar-refractivity contribution in [3.63, 3.8) is 0 Å². The molecule has 1 rings (SSSR count). The zero-order chi connectivity index (χ0) is 9.45. The van der Waals surface area contributed by atoms with E-state index in [1.807, 2.05) is 0 Å². The van der Waals surface area contributed by atoms with Gasteiger partial charge in [0, 0.05) is 0 Å². The maximum Gasteiger partial charge on any atom is 0.0659 e. The highest BCUT2D eigenvalue weighted by molar-refractivity contribution is 4.83. The van der Waals surface area contributed by atoms with E-state index in [0.29, 0.717) is 6.54 Å². The van der Waals surface area contributed by atoms with Crippen LogP contribution in [0, 0.1) is 0 Å². The molecule has 0 bridgehead atoms. The van der Waals surface area contributed by atoms with Crippen LogP contribution >= 0.6 is 0 Å². The molecule has 0 aliphatic heterocycles. The smallest absolute Gasteiger partial charge is 0.0659 e. The molecule has 0 atom stereocenters. The van der Waals surface area contributed by atoms with Crippen LogP contribution in [0.2, 0.25) is 0 Å². The quantitative estimate of drug-likeness (QED) is 0.671. The Morgan fingerprint density at radius 1 is 1.25 bits per heavy atom. The number of hydrogen-bond acceptors (Lipinski definition) is 2. The Balaban J connectivity index is 0.000000354. The highest BCUT2D eigenvalue weighted by Crippen LogP contribution is 2.31. The zero-order valence-electron chi connectivity index (χ0n) is 8.47. The van der Waals surface area contributed by atoms with E-state index in [9.17, 15) is 5.11 Å². The molecule has 0 radical (unpaired) electrons. The van der Waals surface area contributed by atoms with Crippen molar-refractivity contribution >= 4 is 0 Å². The van der Waals surface area contributed by atoms with E-state index < -0.39 is 0 Å². The van der Waals surface area contributed by atoms with E-state index in [1.165, 1.54) is 19.3 Å². The van der Waals surface area contributed by atoms with Crippen molar-refractivity contribution in [2.75, 3.05) is 6.54 Å². The van der Waals surface area contributed by atoms with Crippen LogP contribution < -0.4 is 5.73 Å². The van der Waals surface area contributed by atoms with Crippen LogP contribution in [0.5, 0.6) is 0 Å². The van der Waals surface area contributed by atoms with Crippen LogP contribution in [0.1, 0.15) is 52.4 Å². The molecule has 0 saturated heterocycles. The molecule has 74 valence electrons. The standard InChI is InChI=1S/C7H15NO.C3H8/c8-6-5-7(9)3-1-2-4-7;1-3-2/h9H,1-6,8H2;3H2,1-2H3. The summed E-state index contributed by atoms with van der Waals surface area (Å²) in [4.78, 5) is 0. The monoisotopic (exact) mass is 173 g/mol. The van der Waals surface area contributed by atoms with Gasteiger partial charge in [-0.15, -0.1) is 0 Å². The first-order valence-electron chi connectivity index (χ1n) is 5.11. The van der Waals surface area contributed by atoms with E-state index in [-0.39, 0.29) is 5.60 Å². The lowest BCUT2D eigenvalue weighted by atomic mass is 9.98. The van der Waals surface area contributed by atoms with E-state index in [0.717, 1.165) is 19.3 Å². The normalized spacial score (nSPS) is 20.0. The molecule has 1 fully saturated rings. The Morgan fingerprint density at radius 3 is 2.00 bits per heavy atom. The van der Waals surface area contributed by atoms with Gasteiger partial charge in [0.15, 0.2) is 0 Å². The molecule has 0 aromatic heterocycles. The van der Waals surface area contributed by atoms with Crippen molar-refractivity contribution in [1.82, 2.24) is 0 Å². The maximum absolute atomic E-state index is 9.61. The summed E-state index contributed by atoms with van der Waals surface area (Å²) < 4.78 is 0. The largest absolute Gasteiger partial charge is 0.390 e. The third-order valence-corrected chi connectivity index (χ3v) is 2.14. The van der Waals surface area contributed by atoms with Gasteiger partial charge in [0.2, 0.25) is 0 Å². The maximum atomic E-state index is 9.61. The molecule has 0 heterocycles. The Hall–Kier alpha value is -0.0800. The van der Waals surface area contributed by atoms with E-state index in [2.05, 4.69) is 13.8 Å².